The van der Waals surface area contributed by atoms with Crippen molar-refractivity contribution in [2.24, 2.45) is 14.1 Å². The summed E-state index contributed by atoms with van der Waals surface area (Å²) in [5.74, 6) is -1.68. The number of aromatic nitrogens is 4. The first kappa shape index (κ1) is 23.3. The molecule has 1 amide bonds. The van der Waals surface area contributed by atoms with Crippen LogP contribution in [0, 0.1) is 5.82 Å². The van der Waals surface area contributed by atoms with Crippen molar-refractivity contribution >= 4 is 33.3 Å². The van der Waals surface area contributed by atoms with E-state index in [1.807, 2.05) is 0 Å². The molecule has 8 nitrogen and oxygen atoms in total. The van der Waals surface area contributed by atoms with E-state index in [1.165, 1.54) is 36.3 Å². The standard InChI is InChI=1S/C21H15F4N5O3S/c1-29-15-5-6-26-13(17(15)18(32)30(2)20(29)33)8-16(31)28-19-27-14(9-34-19)11-4-3-10(7-12(11)22)21(23,24)25/h3-7,9H,8H2,1-2H3,(H,27,28,31). The molecule has 0 aliphatic carbocycles. The lowest BCUT2D eigenvalue weighted by atomic mass is 10.1. The summed E-state index contributed by atoms with van der Waals surface area (Å²) in [6, 6.07) is 3.59. The number of halogens is 4. The molecule has 0 unspecified atom stereocenters. The summed E-state index contributed by atoms with van der Waals surface area (Å²) >= 11 is 0.952. The van der Waals surface area contributed by atoms with Crippen molar-refractivity contribution in [2.75, 3.05) is 5.32 Å². The number of rotatable bonds is 4. The lowest BCUT2D eigenvalue weighted by Crippen LogP contribution is -2.37. The number of benzene rings is 1. The molecule has 0 atom stereocenters. The number of hydrogen-bond donors (Lipinski definition) is 1. The van der Waals surface area contributed by atoms with E-state index in [0.717, 1.165) is 28.0 Å². The normalized spacial score (nSPS) is 11.7. The molecule has 0 aliphatic heterocycles. The average molecular weight is 493 g/mol. The molecule has 176 valence electrons. The molecule has 3 aromatic heterocycles. The van der Waals surface area contributed by atoms with Crippen LogP contribution in [0.5, 0.6) is 0 Å². The van der Waals surface area contributed by atoms with E-state index in [1.54, 1.807) is 0 Å². The molecule has 13 heteroatoms. The Labute approximate surface area is 192 Å². The van der Waals surface area contributed by atoms with Crippen LogP contribution in [0.2, 0.25) is 0 Å². The van der Waals surface area contributed by atoms with Gasteiger partial charge in [0.25, 0.3) is 5.56 Å². The Kier molecular flexibility index (Phi) is 5.81. The number of pyridine rings is 1. The third-order valence-corrected chi connectivity index (χ3v) is 5.87. The molecule has 0 fully saturated rings. The second-order valence-electron chi connectivity index (χ2n) is 7.31. The zero-order chi connectivity index (χ0) is 24.8. The number of alkyl halides is 3. The van der Waals surface area contributed by atoms with Crippen molar-refractivity contribution in [3.05, 3.63) is 73.8 Å². The number of thiazole rings is 1. The fourth-order valence-electron chi connectivity index (χ4n) is 3.39. The topological polar surface area (TPSA) is 98.9 Å². The molecule has 0 bridgehead atoms. The van der Waals surface area contributed by atoms with Crippen LogP contribution in [0.25, 0.3) is 22.2 Å². The van der Waals surface area contributed by atoms with Crippen molar-refractivity contribution in [1.82, 2.24) is 19.1 Å². The maximum absolute atomic E-state index is 14.2. The largest absolute Gasteiger partial charge is 0.416 e. The summed E-state index contributed by atoms with van der Waals surface area (Å²) in [6.07, 6.45) is -3.61. The van der Waals surface area contributed by atoms with E-state index in [0.29, 0.717) is 11.6 Å². The third-order valence-electron chi connectivity index (χ3n) is 5.11. The van der Waals surface area contributed by atoms with Crippen molar-refractivity contribution in [3.63, 3.8) is 0 Å². The fourth-order valence-corrected chi connectivity index (χ4v) is 4.12. The second-order valence-corrected chi connectivity index (χ2v) is 8.17. The molecule has 3 heterocycles. The van der Waals surface area contributed by atoms with E-state index >= 15 is 0 Å². The van der Waals surface area contributed by atoms with Crippen molar-refractivity contribution in [3.8, 4) is 11.3 Å². The first-order chi connectivity index (χ1) is 16.0. The number of carbonyl (C=O) groups excluding carboxylic acids is 1. The van der Waals surface area contributed by atoms with E-state index in [9.17, 15) is 31.9 Å². The molecule has 0 saturated carbocycles. The molecule has 1 aromatic carbocycles. The van der Waals surface area contributed by atoms with Gasteiger partial charge >= 0.3 is 11.9 Å². The second kappa shape index (κ2) is 8.48. The number of aryl methyl sites for hydroxylation is 1. The molecule has 0 saturated heterocycles. The van der Waals surface area contributed by atoms with Gasteiger partial charge in [-0.25, -0.2) is 14.2 Å². The van der Waals surface area contributed by atoms with Crippen molar-refractivity contribution in [2.45, 2.75) is 12.6 Å². The molecule has 4 aromatic rings. The summed E-state index contributed by atoms with van der Waals surface area (Å²) in [5.41, 5.74) is -1.86. The highest BCUT2D eigenvalue weighted by Gasteiger charge is 2.31. The van der Waals surface area contributed by atoms with Gasteiger partial charge in [0.1, 0.15) is 5.82 Å². The quantitative estimate of drug-likeness (QED) is 0.441. The molecule has 1 N–H and O–H groups in total. The van der Waals surface area contributed by atoms with E-state index in [4.69, 9.17) is 0 Å². The van der Waals surface area contributed by atoms with Gasteiger partial charge in [0.15, 0.2) is 5.13 Å². The highest BCUT2D eigenvalue weighted by Crippen LogP contribution is 2.33. The van der Waals surface area contributed by atoms with Gasteiger partial charge in [-0.05, 0) is 24.3 Å². The highest BCUT2D eigenvalue weighted by molar-refractivity contribution is 7.14. The summed E-state index contributed by atoms with van der Waals surface area (Å²) in [4.78, 5) is 45.5. The summed E-state index contributed by atoms with van der Waals surface area (Å²) < 4.78 is 54.6. The van der Waals surface area contributed by atoms with Crippen LogP contribution in [0.15, 0.2) is 45.4 Å². The molecule has 0 spiro atoms. The molecular weight excluding hydrogens is 478 g/mol. The van der Waals surface area contributed by atoms with Gasteiger partial charge in [-0.1, -0.05) is 0 Å². The van der Waals surface area contributed by atoms with Crippen molar-refractivity contribution < 1.29 is 22.4 Å². The van der Waals surface area contributed by atoms with Crippen LogP contribution >= 0.6 is 11.3 Å². The zero-order valence-corrected chi connectivity index (χ0v) is 18.4. The number of amides is 1. The Morgan fingerprint density at radius 2 is 1.88 bits per heavy atom. The van der Waals surface area contributed by atoms with Gasteiger partial charge in [0.2, 0.25) is 5.91 Å². The number of nitrogens with zero attached hydrogens (tertiary/aromatic N) is 4. The summed E-state index contributed by atoms with van der Waals surface area (Å²) in [7, 11) is 2.81. The molecule has 4 rings (SSSR count). The first-order valence-corrected chi connectivity index (χ1v) is 10.5. The minimum absolute atomic E-state index is 0.0543. The summed E-state index contributed by atoms with van der Waals surface area (Å²) in [5, 5.41) is 4.10. The predicted octanol–water partition coefficient (Wildman–Crippen LogP) is 3.09. The molecular formula is C21H15F4N5O3S. The van der Waals surface area contributed by atoms with Crippen LogP contribution < -0.4 is 16.6 Å². The number of nitrogens with one attached hydrogen (secondary N) is 1. The Bertz CT molecular complexity index is 1560. The Balaban J connectivity index is 1.58. The van der Waals surface area contributed by atoms with Gasteiger partial charge in [0, 0.05) is 31.2 Å². The van der Waals surface area contributed by atoms with E-state index in [2.05, 4.69) is 15.3 Å². The summed E-state index contributed by atoms with van der Waals surface area (Å²) in [6.45, 7) is 0. The van der Waals surface area contributed by atoms with Crippen LogP contribution in [-0.2, 0) is 31.5 Å². The Hall–Kier alpha value is -3.87. The Morgan fingerprint density at radius 3 is 2.56 bits per heavy atom. The van der Waals surface area contributed by atoms with Crippen LogP contribution in [0.3, 0.4) is 0 Å². The van der Waals surface area contributed by atoms with Crippen LogP contribution in [0.4, 0.5) is 22.7 Å². The van der Waals surface area contributed by atoms with Crippen molar-refractivity contribution in [1.29, 1.82) is 0 Å². The van der Waals surface area contributed by atoms with Crippen LogP contribution in [-0.4, -0.2) is 25.0 Å². The SMILES string of the molecule is Cn1c(=O)c2c(CC(=O)Nc3nc(-c4ccc(C(F)(F)F)cc4F)cs3)nccc2n(C)c1=O. The minimum atomic E-state index is -4.68. The monoisotopic (exact) mass is 493 g/mol. The van der Waals surface area contributed by atoms with Gasteiger partial charge in [-0.15, -0.1) is 11.3 Å². The average Bonchev–Trinajstić information content (AvgIpc) is 3.23. The van der Waals surface area contributed by atoms with E-state index in [-0.39, 0.29) is 33.9 Å². The van der Waals surface area contributed by atoms with Crippen LogP contribution in [0.1, 0.15) is 11.3 Å². The maximum atomic E-state index is 14.2. The lowest BCUT2D eigenvalue weighted by molar-refractivity contribution is -0.137. The Morgan fingerprint density at radius 1 is 1.15 bits per heavy atom. The predicted molar refractivity (Wildman–Crippen MR) is 117 cm³/mol. The van der Waals surface area contributed by atoms with Gasteiger partial charge in [-0.3, -0.25) is 23.7 Å². The smallest absolute Gasteiger partial charge is 0.302 e. The van der Waals surface area contributed by atoms with Gasteiger partial charge < -0.3 is 5.32 Å². The molecule has 0 radical (unpaired) electrons. The fraction of sp³-hybridized carbons (Fsp3) is 0.190. The molecule has 34 heavy (non-hydrogen) atoms. The first-order valence-electron chi connectivity index (χ1n) is 9.63. The van der Waals surface area contributed by atoms with Gasteiger partial charge in [-0.2, -0.15) is 13.2 Å². The third kappa shape index (κ3) is 4.21. The maximum Gasteiger partial charge on any atom is 0.416 e. The number of anilines is 1. The van der Waals surface area contributed by atoms with E-state index < -0.39 is 34.7 Å². The minimum Gasteiger partial charge on any atom is -0.302 e. The highest BCUT2D eigenvalue weighted by atomic mass is 32.1. The number of carbonyl (C=O) groups is 1. The lowest BCUT2D eigenvalue weighted by Gasteiger charge is -2.10. The number of hydrogen-bond acceptors (Lipinski definition) is 6. The number of fused-ring (bicyclic) bond motifs is 1. The van der Waals surface area contributed by atoms with Gasteiger partial charge in [0.05, 0.1) is 34.3 Å². The zero-order valence-electron chi connectivity index (χ0n) is 17.6. The molecule has 0 aliphatic rings.